The Morgan fingerprint density at radius 2 is 1.85 bits per heavy atom. The Kier molecular flexibility index (Phi) is 6.47. The number of thiazole rings is 1. The standard InChI is InChI=1S/C29H34N8OS/c1-6-29(4,5)37-26(32-33-34-37)25(21-17-20-16-18(2)15-19(3)24(20)31-27(21)38)35-11-13-36(14-12-35)28-30-22-9-7-8-10-23(22)39-28/h7-10,15-17,25H,6,11-14H2,1-5H3,(H,31,38)/t25-/m0/s1. The third-order valence-corrected chi connectivity index (χ3v) is 9.12. The number of piperazine rings is 1. The number of aromatic amines is 1. The van der Waals surface area contributed by atoms with E-state index in [1.54, 1.807) is 11.3 Å². The van der Waals surface area contributed by atoms with Gasteiger partial charge in [-0.1, -0.05) is 42.0 Å². The number of nitrogens with one attached hydrogen (secondary N) is 1. The van der Waals surface area contributed by atoms with E-state index in [-0.39, 0.29) is 17.1 Å². The number of hydrogen-bond donors (Lipinski definition) is 1. The molecule has 0 aliphatic carbocycles. The molecule has 0 unspecified atom stereocenters. The van der Waals surface area contributed by atoms with Crippen molar-refractivity contribution in [1.29, 1.82) is 0 Å². The molecule has 202 valence electrons. The third-order valence-electron chi connectivity index (χ3n) is 8.03. The first-order valence-electron chi connectivity index (χ1n) is 13.5. The monoisotopic (exact) mass is 542 g/mol. The van der Waals surface area contributed by atoms with Crippen molar-refractivity contribution in [3.63, 3.8) is 0 Å². The van der Waals surface area contributed by atoms with Gasteiger partial charge in [0.2, 0.25) is 0 Å². The Morgan fingerprint density at radius 3 is 2.59 bits per heavy atom. The summed E-state index contributed by atoms with van der Waals surface area (Å²) in [7, 11) is 0. The summed E-state index contributed by atoms with van der Waals surface area (Å²) in [6, 6.07) is 14.2. The number of tetrazole rings is 1. The van der Waals surface area contributed by atoms with Gasteiger partial charge in [0.15, 0.2) is 11.0 Å². The van der Waals surface area contributed by atoms with Gasteiger partial charge in [0, 0.05) is 31.7 Å². The third kappa shape index (κ3) is 4.61. The molecule has 1 atom stereocenters. The van der Waals surface area contributed by atoms with Gasteiger partial charge >= 0.3 is 0 Å². The predicted octanol–water partition coefficient (Wildman–Crippen LogP) is 4.80. The second-order valence-electron chi connectivity index (χ2n) is 11.1. The van der Waals surface area contributed by atoms with Crippen LogP contribution in [-0.4, -0.2) is 61.3 Å². The number of aryl methyl sites for hydroxylation is 2. The fourth-order valence-electron chi connectivity index (χ4n) is 5.52. The Hall–Kier alpha value is -3.63. The highest BCUT2D eigenvalue weighted by Gasteiger charge is 2.36. The van der Waals surface area contributed by atoms with Crippen LogP contribution < -0.4 is 10.5 Å². The Morgan fingerprint density at radius 1 is 1.08 bits per heavy atom. The molecule has 10 heteroatoms. The molecule has 1 aliphatic heterocycles. The van der Waals surface area contributed by atoms with Gasteiger partial charge in [-0.2, -0.15) is 0 Å². The van der Waals surface area contributed by atoms with Gasteiger partial charge in [-0.25, -0.2) is 9.67 Å². The van der Waals surface area contributed by atoms with Gasteiger partial charge in [0.25, 0.3) is 5.56 Å². The molecular formula is C29H34N8OS. The average molecular weight is 543 g/mol. The zero-order valence-electron chi connectivity index (χ0n) is 23.1. The molecule has 0 bridgehead atoms. The van der Waals surface area contributed by atoms with E-state index in [9.17, 15) is 4.79 Å². The number of pyridine rings is 1. The smallest absolute Gasteiger partial charge is 0.253 e. The molecule has 0 saturated carbocycles. The van der Waals surface area contributed by atoms with Crippen molar-refractivity contribution in [1.82, 2.24) is 35.1 Å². The van der Waals surface area contributed by atoms with Crippen LogP contribution in [0.4, 0.5) is 5.13 Å². The fourth-order valence-corrected chi connectivity index (χ4v) is 6.54. The van der Waals surface area contributed by atoms with E-state index >= 15 is 0 Å². The molecule has 3 aromatic heterocycles. The van der Waals surface area contributed by atoms with E-state index in [0.717, 1.165) is 65.3 Å². The largest absolute Gasteiger partial charge is 0.345 e. The molecular weight excluding hydrogens is 508 g/mol. The summed E-state index contributed by atoms with van der Waals surface area (Å²) < 4.78 is 3.10. The molecule has 1 aliphatic rings. The number of benzene rings is 2. The minimum Gasteiger partial charge on any atom is -0.345 e. The van der Waals surface area contributed by atoms with Crippen molar-refractivity contribution in [2.75, 3.05) is 31.1 Å². The van der Waals surface area contributed by atoms with Crippen molar-refractivity contribution in [2.24, 2.45) is 0 Å². The average Bonchev–Trinajstić information content (AvgIpc) is 3.58. The lowest BCUT2D eigenvalue weighted by molar-refractivity contribution is 0.186. The number of anilines is 1. The molecule has 0 spiro atoms. The summed E-state index contributed by atoms with van der Waals surface area (Å²) in [5.41, 5.74) is 4.41. The predicted molar refractivity (Wildman–Crippen MR) is 157 cm³/mol. The zero-order chi connectivity index (χ0) is 27.3. The number of rotatable bonds is 6. The minimum atomic E-state index is -0.377. The van der Waals surface area contributed by atoms with Crippen LogP contribution in [0.2, 0.25) is 0 Å². The summed E-state index contributed by atoms with van der Waals surface area (Å²) in [6.07, 6.45) is 0.857. The van der Waals surface area contributed by atoms with Crippen LogP contribution in [0.3, 0.4) is 0 Å². The van der Waals surface area contributed by atoms with Gasteiger partial charge in [-0.05, 0) is 79.8 Å². The Balaban J connectivity index is 1.40. The topological polar surface area (TPSA) is 95.8 Å². The first kappa shape index (κ1) is 25.6. The van der Waals surface area contributed by atoms with Crippen LogP contribution in [0.1, 0.15) is 55.7 Å². The SMILES string of the molecule is CCC(C)(C)n1nnnc1[C@H](c1cc2cc(C)cc(C)c2[nH]c1=O)N1CCN(c2nc3ccccc3s2)CC1. The number of hydrogen-bond acceptors (Lipinski definition) is 8. The van der Waals surface area contributed by atoms with Crippen molar-refractivity contribution in [2.45, 2.75) is 52.6 Å². The summed E-state index contributed by atoms with van der Waals surface area (Å²) in [4.78, 5) is 26.4. The number of nitrogens with zero attached hydrogens (tertiary/aromatic N) is 7. The van der Waals surface area contributed by atoms with E-state index in [1.807, 2.05) is 23.7 Å². The Bertz CT molecular complexity index is 1680. The number of fused-ring (bicyclic) bond motifs is 2. The number of H-pyrrole nitrogens is 1. The number of para-hydroxylation sites is 1. The van der Waals surface area contributed by atoms with Crippen LogP contribution in [0.5, 0.6) is 0 Å². The highest BCUT2D eigenvalue weighted by Crippen LogP contribution is 2.34. The minimum absolute atomic E-state index is 0.100. The maximum absolute atomic E-state index is 13.7. The summed E-state index contributed by atoms with van der Waals surface area (Å²) in [5.74, 6) is 0.699. The molecule has 1 fully saturated rings. The maximum Gasteiger partial charge on any atom is 0.253 e. The van der Waals surface area contributed by atoms with Gasteiger partial charge in [0.1, 0.15) is 6.04 Å². The van der Waals surface area contributed by atoms with Crippen LogP contribution in [0, 0.1) is 13.8 Å². The lowest BCUT2D eigenvalue weighted by Gasteiger charge is -2.39. The highest BCUT2D eigenvalue weighted by molar-refractivity contribution is 7.22. The van der Waals surface area contributed by atoms with Crippen molar-refractivity contribution in [3.8, 4) is 0 Å². The summed E-state index contributed by atoms with van der Waals surface area (Å²) in [5, 5.41) is 15.1. The second kappa shape index (κ2) is 9.84. The summed E-state index contributed by atoms with van der Waals surface area (Å²) >= 11 is 1.73. The van der Waals surface area contributed by atoms with E-state index in [1.165, 1.54) is 4.70 Å². The zero-order valence-corrected chi connectivity index (χ0v) is 23.9. The first-order chi connectivity index (χ1) is 18.7. The van der Waals surface area contributed by atoms with Gasteiger partial charge in [-0.15, -0.1) is 5.10 Å². The van der Waals surface area contributed by atoms with Crippen LogP contribution in [0.15, 0.2) is 47.3 Å². The van der Waals surface area contributed by atoms with Crippen molar-refractivity contribution >= 4 is 37.6 Å². The first-order valence-corrected chi connectivity index (χ1v) is 14.3. The van der Waals surface area contributed by atoms with E-state index in [2.05, 4.69) is 88.3 Å². The van der Waals surface area contributed by atoms with Gasteiger partial charge < -0.3 is 9.88 Å². The van der Waals surface area contributed by atoms with E-state index < -0.39 is 0 Å². The molecule has 4 heterocycles. The van der Waals surface area contributed by atoms with Crippen molar-refractivity contribution in [3.05, 3.63) is 75.3 Å². The van der Waals surface area contributed by atoms with Gasteiger partial charge in [-0.3, -0.25) is 9.69 Å². The lowest BCUT2D eigenvalue weighted by atomic mass is 9.98. The number of aromatic nitrogens is 6. The normalized spacial score (nSPS) is 15.9. The molecule has 2 aromatic carbocycles. The van der Waals surface area contributed by atoms with Crippen LogP contribution in [-0.2, 0) is 5.54 Å². The molecule has 5 aromatic rings. The van der Waals surface area contributed by atoms with E-state index in [0.29, 0.717) is 11.4 Å². The Labute approximate surface area is 231 Å². The quantitative estimate of drug-likeness (QED) is 0.329. The molecule has 9 nitrogen and oxygen atoms in total. The molecule has 6 rings (SSSR count). The molecule has 1 saturated heterocycles. The fraction of sp³-hybridized carbons (Fsp3) is 0.414. The van der Waals surface area contributed by atoms with Crippen molar-refractivity contribution < 1.29 is 0 Å². The van der Waals surface area contributed by atoms with Crippen LogP contribution >= 0.6 is 11.3 Å². The highest BCUT2D eigenvalue weighted by atomic mass is 32.1. The second-order valence-corrected chi connectivity index (χ2v) is 12.1. The van der Waals surface area contributed by atoms with Crippen LogP contribution in [0.25, 0.3) is 21.1 Å². The maximum atomic E-state index is 13.7. The van der Waals surface area contributed by atoms with Gasteiger partial charge in [0.05, 0.1) is 21.3 Å². The molecule has 0 radical (unpaired) electrons. The summed E-state index contributed by atoms with van der Waals surface area (Å²) in [6.45, 7) is 13.6. The molecule has 1 N–H and O–H groups in total. The molecule has 39 heavy (non-hydrogen) atoms. The molecule has 0 amide bonds. The van der Waals surface area contributed by atoms with E-state index in [4.69, 9.17) is 4.98 Å². The lowest BCUT2D eigenvalue weighted by Crippen LogP contribution is -2.49.